The van der Waals surface area contributed by atoms with Crippen LogP contribution in [0.1, 0.15) is 13.2 Å². The lowest BCUT2D eigenvalue weighted by Crippen LogP contribution is -2.58. The molecule has 1 fully saturated rings. The van der Waals surface area contributed by atoms with Crippen LogP contribution >= 0.6 is 0 Å². The van der Waals surface area contributed by atoms with E-state index in [1.807, 2.05) is 0 Å². The molecule has 1 aliphatic heterocycles. The minimum absolute atomic E-state index is 0.0361. The molecule has 3 heterocycles. The van der Waals surface area contributed by atoms with Crippen LogP contribution in [0.25, 0.3) is 5.78 Å². The molecule has 11 heteroatoms. The Balaban J connectivity index is 2.15. The summed E-state index contributed by atoms with van der Waals surface area (Å²) in [6, 6.07) is 0. The van der Waals surface area contributed by atoms with E-state index in [0.29, 0.717) is 0 Å². The van der Waals surface area contributed by atoms with Gasteiger partial charge in [0.25, 0.3) is 0 Å². The number of fused-ring (bicyclic) bond motifs is 1. The van der Waals surface area contributed by atoms with Gasteiger partial charge in [0.05, 0.1) is 13.2 Å². The molecule has 1 aliphatic rings. The van der Waals surface area contributed by atoms with Gasteiger partial charge in [0.15, 0.2) is 6.23 Å². The van der Waals surface area contributed by atoms with Crippen molar-refractivity contribution in [3.05, 3.63) is 22.9 Å². The Morgan fingerprint density at radius 2 is 2.00 bits per heavy atom. The summed E-state index contributed by atoms with van der Waals surface area (Å²) in [6.45, 7) is -0.202. The monoisotopic (exact) mass is 327 g/mol. The second kappa shape index (κ2) is 4.97. The van der Waals surface area contributed by atoms with Crippen molar-refractivity contribution in [3.8, 4) is 0 Å². The fourth-order valence-electron chi connectivity index (χ4n) is 2.75. The van der Waals surface area contributed by atoms with Gasteiger partial charge in [-0.05, 0) is 6.92 Å². The summed E-state index contributed by atoms with van der Waals surface area (Å²) in [6.07, 6.45) is 0.0201. The molecule has 0 aliphatic carbocycles. The van der Waals surface area contributed by atoms with E-state index in [-0.39, 0.29) is 11.7 Å². The van der Waals surface area contributed by atoms with Crippen LogP contribution in [-0.4, -0.2) is 69.9 Å². The Bertz CT molecular complexity index is 795. The van der Waals surface area contributed by atoms with Gasteiger partial charge in [-0.15, -0.1) is 0 Å². The van der Waals surface area contributed by atoms with Crippen molar-refractivity contribution < 1.29 is 25.2 Å². The Morgan fingerprint density at radius 1 is 1.35 bits per heavy atom. The molecular formula is C12H17N5O6. The number of hydrogen-bond acceptors (Lipinski definition) is 9. The topological polar surface area (TPSA) is 168 Å². The van der Waals surface area contributed by atoms with Crippen molar-refractivity contribution in [2.24, 2.45) is 0 Å². The summed E-state index contributed by atoms with van der Waals surface area (Å²) in [5.74, 6) is -0.223. The van der Waals surface area contributed by atoms with Crippen molar-refractivity contribution in [1.82, 2.24) is 18.9 Å². The maximum Gasteiger partial charge on any atom is 0.357 e. The van der Waals surface area contributed by atoms with E-state index >= 15 is 0 Å². The normalized spacial score (nSPS) is 30.1. The highest BCUT2D eigenvalue weighted by Crippen LogP contribution is 2.44. The summed E-state index contributed by atoms with van der Waals surface area (Å²) in [5.41, 5.74) is 1.07. The van der Waals surface area contributed by atoms with E-state index in [1.165, 1.54) is 23.9 Å². The zero-order valence-electron chi connectivity index (χ0n) is 12.2. The maximum absolute atomic E-state index is 11.8. The number of aliphatic hydroxyl groups is 4. The van der Waals surface area contributed by atoms with E-state index in [1.54, 1.807) is 0 Å². The van der Waals surface area contributed by atoms with Gasteiger partial charge in [-0.25, -0.2) is 9.20 Å². The molecule has 2 aromatic rings. The Kier molecular flexibility index (Phi) is 3.42. The first-order valence-electron chi connectivity index (χ1n) is 6.80. The largest absolute Gasteiger partial charge is 0.393 e. The highest BCUT2D eigenvalue weighted by atomic mass is 16.6. The fourth-order valence-corrected chi connectivity index (χ4v) is 2.75. The predicted octanol–water partition coefficient (Wildman–Crippen LogP) is -3.16. The van der Waals surface area contributed by atoms with E-state index in [0.717, 1.165) is 4.40 Å². The highest BCUT2D eigenvalue weighted by Gasteiger charge is 2.62. The van der Waals surface area contributed by atoms with Gasteiger partial charge in [-0.3, -0.25) is 4.57 Å². The molecule has 0 radical (unpaired) electrons. The average Bonchev–Trinajstić information content (AvgIpc) is 2.99. The predicted molar refractivity (Wildman–Crippen MR) is 75.3 cm³/mol. The van der Waals surface area contributed by atoms with E-state index in [9.17, 15) is 25.2 Å². The molecule has 0 aromatic carbocycles. The van der Waals surface area contributed by atoms with Gasteiger partial charge < -0.3 is 30.9 Å². The van der Waals surface area contributed by atoms with Crippen molar-refractivity contribution in [3.63, 3.8) is 0 Å². The van der Waals surface area contributed by atoms with Crippen molar-refractivity contribution in [2.45, 2.75) is 30.5 Å². The summed E-state index contributed by atoms with van der Waals surface area (Å²) in [4.78, 5) is 19.2. The second-order valence-electron chi connectivity index (χ2n) is 5.65. The van der Waals surface area contributed by atoms with Gasteiger partial charge in [0.1, 0.15) is 17.3 Å². The zero-order chi connectivity index (χ0) is 17.0. The molecule has 1 saturated heterocycles. The van der Waals surface area contributed by atoms with E-state index in [4.69, 9.17) is 10.5 Å². The van der Waals surface area contributed by atoms with Gasteiger partial charge in [0, 0.05) is 12.4 Å². The highest BCUT2D eigenvalue weighted by molar-refractivity contribution is 5.35. The summed E-state index contributed by atoms with van der Waals surface area (Å²) in [5, 5.41) is 39.9. The number of anilines is 1. The number of hydrogen-bond donors (Lipinski definition) is 5. The standard InChI is InChI=1S/C12H17N5O6/c1-11(22)6(20)7(23-12(11,4-18)5-19)16-2-3-17-9(16)14-8(13)15-10(17)21/h2-3,6-7,18-20,22H,4-5H2,1H3,(H2,13,15,21)/t6-,7+,11-/m0/s1. The first kappa shape index (κ1) is 15.8. The zero-order valence-corrected chi connectivity index (χ0v) is 12.2. The molecule has 0 amide bonds. The van der Waals surface area contributed by atoms with Crippen molar-refractivity contribution in [2.75, 3.05) is 18.9 Å². The van der Waals surface area contributed by atoms with Crippen LogP contribution in [0.2, 0.25) is 0 Å². The van der Waals surface area contributed by atoms with Crippen LogP contribution < -0.4 is 11.4 Å². The molecule has 11 nitrogen and oxygen atoms in total. The molecule has 23 heavy (non-hydrogen) atoms. The number of nitrogen functional groups attached to an aromatic ring is 1. The molecule has 0 spiro atoms. The number of imidazole rings is 1. The van der Waals surface area contributed by atoms with Crippen LogP contribution in [0.4, 0.5) is 5.95 Å². The number of nitrogens with two attached hydrogens (primary N) is 1. The molecule has 0 saturated carbocycles. The lowest BCUT2D eigenvalue weighted by molar-refractivity contribution is -0.180. The Morgan fingerprint density at radius 3 is 2.57 bits per heavy atom. The quantitative estimate of drug-likeness (QED) is 0.390. The number of aromatic nitrogens is 4. The SMILES string of the molecule is C[C@]1(O)[C@@H](O)[C@H](n2ccn3c(=O)nc(N)nc23)OC1(CO)CO. The van der Waals surface area contributed by atoms with Crippen molar-refractivity contribution >= 4 is 11.7 Å². The third-order valence-corrected chi connectivity index (χ3v) is 4.35. The third-order valence-electron chi connectivity index (χ3n) is 4.35. The molecule has 0 unspecified atom stereocenters. The first-order valence-corrected chi connectivity index (χ1v) is 6.80. The molecular weight excluding hydrogens is 310 g/mol. The summed E-state index contributed by atoms with van der Waals surface area (Å²) >= 11 is 0. The van der Waals surface area contributed by atoms with Gasteiger partial charge >= 0.3 is 5.69 Å². The Hall–Kier alpha value is -2.05. The van der Waals surface area contributed by atoms with E-state index < -0.39 is 42.4 Å². The molecule has 3 rings (SSSR count). The first-order chi connectivity index (χ1) is 10.8. The number of aliphatic hydroxyl groups excluding tert-OH is 3. The minimum atomic E-state index is -1.94. The van der Waals surface area contributed by atoms with Gasteiger partial charge in [-0.1, -0.05) is 0 Å². The minimum Gasteiger partial charge on any atom is -0.393 e. The average molecular weight is 327 g/mol. The van der Waals surface area contributed by atoms with Crippen LogP contribution in [0.15, 0.2) is 17.2 Å². The smallest absolute Gasteiger partial charge is 0.357 e. The van der Waals surface area contributed by atoms with Gasteiger partial charge in [0.2, 0.25) is 11.7 Å². The fraction of sp³-hybridized carbons (Fsp3) is 0.583. The number of nitrogens with zero attached hydrogens (tertiary/aromatic N) is 4. The Labute approximate surface area is 129 Å². The summed E-state index contributed by atoms with van der Waals surface area (Å²) in [7, 11) is 0. The molecule has 0 bridgehead atoms. The molecule has 6 N–H and O–H groups in total. The van der Waals surface area contributed by atoms with Crippen LogP contribution in [0.5, 0.6) is 0 Å². The van der Waals surface area contributed by atoms with Crippen LogP contribution in [0.3, 0.4) is 0 Å². The van der Waals surface area contributed by atoms with Crippen molar-refractivity contribution in [1.29, 1.82) is 0 Å². The summed E-state index contributed by atoms with van der Waals surface area (Å²) < 4.78 is 7.91. The number of ether oxygens (including phenoxy) is 1. The van der Waals surface area contributed by atoms with E-state index in [2.05, 4.69) is 9.97 Å². The lowest BCUT2D eigenvalue weighted by atomic mass is 9.83. The molecule has 2 aromatic heterocycles. The maximum atomic E-state index is 11.8. The lowest BCUT2D eigenvalue weighted by Gasteiger charge is -2.35. The molecule has 3 atom stereocenters. The third kappa shape index (κ3) is 1.98. The number of rotatable bonds is 3. The van der Waals surface area contributed by atoms with Gasteiger partial charge in [-0.2, -0.15) is 9.97 Å². The van der Waals surface area contributed by atoms with Crippen LogP contribution in [-0.2, 0) is 4.74 Å². The van der Waals surface area contributed by atoms with Crippen LogP contribution in [0, 0.1) is 0 Å². The second-order valence-corrected chi connectivity index (χ2v) is 5.65. The molecule has 126 valence electrons.